The fourth-order valence-corrected chi connectivity index (χ4v) is 8.35. The standard InChI is InChI=1S/C26H19FNO.C18H24NSi.Ir/c1-15-12-16(2)24(17(3)13-15)18-10-11-28-22(14-18)19-8-9-21(27)25-20-6-4-5-7-23(20)29-26(19)25;1-14(2)11-16-12-17(15-9-7-6-8-10-15)19-13-18(16)20(3,4)5;/h4-7,9-14H,1-3H3;6-9,12-14H,11H2,1-5H3;/q2*-1;. The van der Waals surface area contributed by atoms with Gasteiger partial charge in [-0.15, -0.1) is 48.0 Å². The van der Waals surface area contributed by atoms with Crippen molar-refractivity contribution in [1.29, 1.82) is 0 Å². The second kappa shape index (κ2) is 15.3. The fraction of sp³-hybridized carbons (Fsp3) is 0.227. The summed E-state index contributed by atoms with van der Waals surface area (Å²) in [4.78, 5) is 9.24. The van der Waals surface area contributed by atoms with E-state index in [0.29, 0.717) is 33.7 Å². The minimum atomic E-state index is -1.34. The molecule has 1 radical (unpaired) electrons. The van der Waals surface area contributed by atoms with Crippen LogP contribution in [0, 0.1) is 44.6 Å². The molecule has 0 unspecified atom stereocenters. The number of fused-ring (bicyclic) bond motifs is 3. The molecule has 0 N–H and O–H groups in total. The quantitative estimate of drug-likeness (QED) is 0.124. The third-order valence-corrected chi connectivity index (χ3v) is 10.9. The van der Waals surface area contributed by atoms with Crippen molar-refractivity contribution in [2.45, 2.75) is 60.7 Å². The van der Waals surface area contributed by atoms with Crippen LogP contribution >= 0.6 is 0 Å². The molecule has 4 aromatic carbocycles. The molecule has 0 saturated heterocycles. The number of aryl methyl sites for hydroxylation is 3. The van der Waals surface area contributed by atoms with E-state index in [4.69, 9.17) is 4.42 Å². The predicted octanol–water partition coefficient (Wildman–Crippen LogP) is 11.5. The molecule has 3 nitrogen and oxygen atoms in total. The Morgan fingerprint density at radius 2 is 1.56 bits per heavy atom. The summed E-state index contributed by atoms with van der Waals surface area (Å²) in [6.45, 7) is 18.1. The average molecular weight is 855 g/mol. The largest absolute Gasteiger partial charge is 0.500 e. The third kappa shape index (κ3) is 7.89. The van der Waals surface area contributed by atoms with Crippen LogP contribution in [0.15, 0.2) is 102 Å². The molecule has 0 bridgehead atoms. The van der Waals surface area contributed by atoms with Gasteiger partial charge in [0.25, 0.3) is 0 Å². The SMILES string of the molecule is CC(C)Cc1cc(-c2[c-]cccc2)ncc1[Si](C)(C)C.Cc1cc(C)c(-c2ccnc(-c3[c-]cc(F)c4c3oc3ccccc34)c2)c(C)c1.[Ir]. The number of rotatable bonds is 6. The molecule has 7 aromatic rings. The van der Waals surface area contributed by atoms with Gasteiger partial charge in [0.15, 0.2) is 0 Å². The van der Waals surface area contributed by atoms with E-state index in [1.54, 1.807) is 6.20 Å². The fourth-order valence-electron chi connectivity index (χ4n) is 6.76. The van der Waals surface area contributed by atoms with Gasteiger partial charge in [-0.3, -0.25) is 4.39 Å². The molecule has 3 aromatic heterocycles. The number of hydrogen-bond acceptors (Lipinski definition) is 3. The zero-order chi connectivity index (χ0) is 34.9. The normalized spacial score (nSPS) is 11.4. The van der Waals surface area contributed by atoms with Gasteiger partial charge in [-0.1, -0.05) is 92.6 Å². The Kier molecular flexibility index (Phi) is 11.4. The Morgan fingerprint density at radius 3 is 2.24 bits per heavy atom. The van der Waals surface area contributed by atoms with Gasteiger partial charge < -0.3 is 14.4 Å². The molecule has 0 atom stereocenters. The Hall–Kier alpha value is -4.22. The number of hydrogen-bond donors (Lipinski definition) is 0. The molecule has 3 heterocycles. The summed E-state index contributed by atoms with van der Waals surface area (Å²) in [7, 11) is -1.34. The van der Waals surface area contributed by atoms with E-state index in [0.717, 1.165) is 28.6 Å². The van der Waals surface area contributed by atoms with E-state index >= 15 is 0 Å². The molecule has 0 fully saturated rings. The van der Waals surface area contributed by atoms with Gasteiger partial charge in [-0.25, -0.2) is 0 Å². The monoisotopic (exact) mass is 855 g/mol. The Labute approximate surface area is 310 Å². The van der Waals surface area contributed by atoms with Crippen LogP contribution in [0.4, 0.5) is 4.39 Å². The Bertz CT molecular complexity index is 2250. The van der Waals surface area contributed by atoms with Crippen molar-refractivity contribution in [2.75, 3.05) is 0 Å². The van der Waals surface area contributed by atoms with E-state index in [1.165, 1.54) is 39.1 Å². The zero-order valence-electron chi connectivity index (χ0n) is 30.0. The van der Waals surface area contributed by atoms with Crippen molar-refractivity contribution in [3.63, 3.8) is 0 Å². The van der Waals surface area contributed by atoms with Crippen molar-refractivity contribution in [3.05, 3.63) is 138 Å². The second-order valence-corrected chi connectivity index (χ2v) is 19.4. The van der Waals surface area contributed by atoms with Crippen molar-refractivity contribution in [3.8, 4) is 33.6 Å². The van der Waals surface area contributed by atoms with Gasteiger partial charge in [-0.2, -0.15) is 0 Å². The number of nitrogens with zero attached hydrogens (tertiary/aromatic N) is 2. The van der Waals surface area contributed by atoms with Crippen LogP contribution in [0.25, 0.3) is 55.6 Å². The van der Waals surface area contributed by atoms with E-state index < -0.39 is 8.07 Å². The first-order valence-electron chi connectivity index (χ1n) is 16.9. The van der Waals surface area contributed by atoms with E-state index in [9.17, 15) is 4.39 Å². The van der Waals surface area contributed by atoms with E-state index in [-0.39, 0.29) is 25.9 Å². The summed E-state index contributed by atoms with van der Waals surface area (Å²) >= 11 is 0. The maximum Gasteiger partial charge on any atom is 0.121 e. The Balaban J connectivity index is 0.000000204. The molecule has 50 heavy (non-hydrogen) atoms. The van der Waals surface area contributed by atoms with Crippen LogP contribution in [0.1, 0.15) is 36.1 Å². The third-order valence-electron chi connectivity index (χ3n) is 8.80. The van der Waals surface area contributed by atoms with E-state index in [1.807, 2.05) is 54.6 Å². The smallest absolute Gasteiger partial charge is 0.121 e. The number of pyridine rings is 2. The van der Waals surface area contributed by atoms with E-state index in [2.05, 4.69) is 107 Å². The van der Waals surface area contributed by atoms with Gasteiger partial charge in [0, 0.05) is 43.7 Å². The van der Waals surface area contributed by atoms with Crippen molar-refractivity contribution < 1.29 is 28.9 Å². The number of para-hydroxylation sites is 1. The summed E-state index contributed by atoms with van der Waals surface area (Å²) < 4.78 is 20.6. The van der Waals surface area contributed by atoms with Gasteiger partial charge in [0.2, 0.25) is 0 Å². The topological polar surface area (TPSA) is 38.9 Å². The minimum Gasteiger partial charge on any atom is -0.500 e. The first kappa shape index (κ1) is 37.0. The molecule has 0 amide bonds. The van der Waals surface area contributed by atoms with Crippen LogP contribution in [-0.2, 0) is 26.5 Å². The maximum atomic E-state index is 14.6. The number of aromatic nitrogens is 2. The summed E-state index contributed by atoms with van der Waals surface area (Å²) in [5, 5.41) is 2.73. The molecule has 0 saturated carbocycles. The molecular weight excluding hydrogens is 812 g/mol. The van der Waals surface area contributed by atoms with Crippen LogP contribution in [0.3, 0.4) is 0 Å². The van der Waals surface area contributed by atoms with Crippen molar-refractivity contribution >= 4 is 35.2 Å². The first-order chi connectivity index (χ1) is 23.4. The molecule has 6 heteroatoms. The van der Waals surface area contributed by atoms with Crippen molar-refractivity contribution in [2.24, 2.45) is 5.92 Å². The number of halogens is 1. The first-order valence-corrected chi connectivity index (χ1v) is 20.4. The zero-order valence-corrected chi connectivity index (χ0v) is 33.4. The number of furan rings is 1. The summed E-state index contributed by atoms with van der Waals surface area (Å²) in [6, 6.07) is 33.9. The number of benzene rings is 4. The van der Waals surface area contributed by atoms with Gasteiger partial charge >= 0.3 is 0 Å². The molecular formula is C44H43FIrN2OSi-2. The minimum absolute atomic E-state index is 0. The molecule has 0 aliphatic rings. The predicted molar refractivity (Wildman–Crippen MR) is 205 cm³/mol. The maximum absolute atomic E-state index is 14.6. The van der Waals surface area contributed by atoms with Gasteiger partial charge in [0.05, 0.1) is 13.7 Å². The van der Waals surface area contributed by atoms with Crippen molar-refractivity contribution in [1.82, 2.24) is 9.97 Å². The summed E-state index contributed by atoms with van der Waals surface area (Å²) in [6.07, 6.45) is 5.02. The van der Waals surface area contributed by atoms with Crippen LogP contribution in [-0.4, -0.2) is 18.0 Å². The molecule has 0 spiro atoms. The summed E-state index contributed by atoms with van der Waals surface area (Å²) in [5.74, 6) is 0.329. The van der Waals surface area contributed by atoms with Gasteiger partial charge in [-0.05, 0) is 89.5 Å². The van der Waals surface area contributed by atoms with Crippen LogP contribution in [0.5, 0.6) is 0 Å². The average Bonchev–Trinajstić information content (AvgIpc) is 3.45. The van der Waals surface area contributed by atoms with Crippen LogP contribution in [0.2, 0.25) is 19.6 Å². The molecule has 0 aliphatic heterocycles. The van der Waals surface area contributed by atoms with Gasteiger partial charge in [0.1, 0.15) is 5.58 Å². The molecule has 257 valence electrons. The van der Waals surface area contributed by atoms with Crippen LogP contribution < -0.4 is 5.19 Å². The Morgan fingerprint density at radius 1 is 0.840 bits per heavy atom. The molecule has 7 rings (SSSR count). The second-order valence-electron chi connectivity index (χ2n) is 14.4. The molecule has 0 aliphatic carbocycles. The summed E-state index contributed by atoms with van der Waals surface area (Å²) in [5.41, 5.74) is 12.1.